The van der Waals surface area contributed by atoms with E-state index < -0.39 is 0 Å². The maximum Gasteiger partial charge on any atom is -0.0276 e. The second kappa shape index (κ2) is 6.31. The van der Waals surface area contributed by atoms with Crippen LogP contribution in [0.15, 0.2) is 17.7 Å². The van der Waals surface area contributed by atoms with Crippen molar-refractivity contribution < 1.29 is 0 Å². The number of aryl methyl sites for hydroxylation is 1. The molecule has 0 aliphatic carbocycles. The lowest BCUT2D eigenvalue weighted by Crippen LogP contribution is -1.82. The summed E-state index contributed by atoms with van der Waals surface area (Å²) in [6.45, 7) is 2.27. The second-order valence-electron chi connectivity index (χ2n) is 3.38. The molecule has 0 radical (unpaired) electrons. The minimum Gasteiger partial charge on any atom is -0.140 e. The maximum absolute atomic E-state index is 2.37. The van der Waals surface area contributed by atoms with Crippen molar-refractivity contribution in [3.05, 3.63) is 23.2 Å². The molecular formula is C11H19P. The van der Waals surface area contributed by atoms with Crippen LogP contribution in [0, 0.1) is 0 Å². The Morgan fingerprint density at radius 1 is 1.17 bits per heavy atom. The minimum absolute atomic E-state index is 0.959. The summed E-state index contributed by atoms with van der Waals surface area (Å²) in [5.41, 5.74) is 1.57. The Hall–Kier alpha value is -0.220. The summed E-state index contributed by atoms with van der Waals surface area (Å²) in [5, 5.41) is 0. The molecule has 1 rings (SSSR count). The molecule has 0 spiro atoms. The molecule has 1 heterocycles. The first-order valence-electron chi connectivity index (χ1n) is 5.05. The van der Waals surface area contributed by atoms with Crippen LogP contribution in [0.4, 0.5) is 0 Å². The Kier molecular flexibility index (Phi) is 5.19. The molecule has 68 valence electrons. The quantitative estimate of drug-likeness (QED) is 0.577. The van der Waals surface area contributed by atoms with Gasteiger partial charge >= 0.3 is 0 Å². The molecule has 1 heteroatoms. The highest BCUT2D eigenvalue weighted by Gasteiger charge is 1.92. The van der Waals surface area contributed by atoms with Gasteiger partial charge in [-0.15, -0.1) is 8.19 Å². The molecule has 0 amide bonds. The lowest BCUT2D eigenvalue weighted by atomic mass is 10.1. The molecule has 0 N–H and O–H groups in total. The lowest BCUT2D eigenvalue weighted by Gasteiger charge is -1.97. The van der Waals surface area contributed by atoms with Crippen LogP contribution in [0.1, 0.15) is 44.6 Å². The Bertz CT molecular complexity index is 177. The van der Waals surface area contributed by atoms with Crippen LogP contribution in [0.25, 0.3) is 0 Å². The van der Waals surface area contributed by atoms with E-state index in [0.717, 1.165) is 8.19 Å². The summed E-state index contributed by atoms with van der Waals surface area (Å²) in [6.07, 6.45) is 8.31. The summed E-state index contributed by atoms with van der Waals surface area (Å²) in [5.74, 6) is 4.65. The van der Waals surface area contributed by atoms with Crippen LogP contribution in [0.3, 0.4) is 0 Å². The zero-order valence-electron chi connectivity index (χ0n) is 7.97. The van der Waals surface area contributed by atoms with Crippen LogP contribution in [-0.2, 0) is 6.42 Å². The molecular weight excluding hydrogens is 163 g/mol. The van der Waals surface area contributed by atoms with Gasteiger partial charge in [-0.1, -0.05) is 38.7 Å². The standard InChI is InChI=1S/C11H19P/c1-2-3-4-5-6-7-11-8-9-12-10-11/h8-10,12H,2-7H2,1H3. The van der Waals surface area contributed by atoms with Crippen LogP contribution in [0.5, 0.6) is 0 Å². The van der Waals surface area contributed by atoms with E-state index in [4.69, 9.17) is 0 Å². The fourth-order valence-corrected chi connectivity index (χ4v) is 2.31. The first-order valence-corrected chi connectivity index (χ1v) is 6.20. The SMILES string of the molecule is CCCCCCCc1cc[pH]c1. The summed E-state index contributed by atoms with van der Waals surface area (Å²) >= 11 is 0. The van der Waals surface area contributed by atoms with E-state index in [9.17, 15) is 0 Å². The molecule has 0 saturated carbocycles. The van der Waals surface area contributed by atoms with Gasteiger partial charge in [0.1, 0.15) is 0 Å². The first-order chi connectivity index (χ1) is 5.93. The lowest BCUT2D eigenvalue weighted by molar-refractivity contribution is 0.632. The predicted molar refractivity (Wildman–Crippen MR) is 58.4 cm³/mol. The average Bonchev–Trinajstić information content (AvgIpc) is 2.57. The Balaban J connectivity index is 1.96. The van der Waals surface area contributed by atoms with Gasteiger partial charge in [0.25, 0.3) is 0 Å². The number of hydrogen-bond acceptors (Lipinski definition) is 0. The molecule has 0 aliphatic rings. The molecule has 0 aromatic carbocycles. The third-order valence-electron chi connectivity index (χ3n) is 2.23. The minimum atomic E-state index is 0.959. The van der Waals surface area contributed by atoms with Gasteiger partial charge in [0.15, 0.2) is 0 Å². The van der Waals surface area contributed by atoms with Crippen LogP contribution in [0.2, 0.25) is 0 Å². The van der Waals surface area contributed by atoms with Crippen LogP contribution < -0.4 is 0 Å². The molecule has 1 aromatic heterocycles. The van der Waals surface area contributed by atoms with Crippen LogP contribution in [-0.4, -0.2) is 0 Å². The van der Waals surface area contributed by atoms with Crippen molar-refractivity contribution in [2.24, 2.45) is 0 Å². The van der Waals surface area contributed by atoms with Crippen molar-refractivity contribution >= 4 is 8.19 Å². The number of rotatable bonds is 6. The van der Waals surface area contributed by atoms with Crippen molar-refractivity contribution in [1.82, 2.24) is 0 Å². The fourth-order valence-electron chi connectivity index (χ4n) is 1.45. The van der Waals surface area contributed by atoms with Crippen molar-refractivity contribution in [2.75, 3.05) is 0 Å². The van der Waals surface area contributed by atoms with E-state index in [0.29, 0.717) is 0 Å². The normalized spacial score (nSPS) is 11.1. The highest BCUT2D eigenvalue weighted by atomic mass is 31.0. The molecule has 0 fully saturated rings. The molecule has 1 aromatic rings. The molecule has 12 heavy (non-hydrogen) atoms. The summed E-state index contributed by atoms with van der Waals surface area (Å²) in [6, 6.07) is 2.29. The fraction of sp³-hybridized carbons (Fsp3) is 0.636. The number of unbranched alkanes of at least 4 members (excludes halogenated alkanes) is 4. The predicted octanol–water partition coefficient (Wildman–Crippen LogP) is 4.23. The summed E-state index contributed by atoms with van der Waals surface area (Å²) in [4.78, 5) is 0. The third-order valence-corrected chi connectivity index (χ3v) is 3.13. The van der Waals surface area contributed by atoms with Gasteiger partial charge in [0, 0.05) is 0 Å². The summed E-state index contributed by atoms with van der Waals surface area (Å²) < 4.78 is 0. The van der Waals surface area contributed by atoms with E-state index in [2.05, 4.69) is 24.6 Å². The Morgan fingerprint density at radius 3 is 2.67 bits per heavy atom. The van der Waals surface area contributed by atoms with Crippen molar-refractivity contribution in [1.29, 1.82) is 0 Å². The van der Waals surface area contributed by atoms with Gasteiger partial charge < -0.3 is 0 Å². The zero-order chi connectivity index (χ0) is 8.65. The molecule has 0 bridgehead atoms. The first kappa shape index (κ1) is 9.86. The van der Waals surface area contributed by atoms with E-state index in [1.54, 1.807) is 5.56 Å². The van der Waals surface area contributed by atoms with E-state index in [1.807, 2.05) is 0 Å². The highest BCUT2D eigenvalue weighted by molar-refractivity contribution is 7.28. The highest BCUT2D eigenvalue weighted by Crippen LogP contribution is 2.14. The van der Waals surface area contributed by atoms with Gasteiger partial charge in [0.05, 0.1) is 0 Å². The Morgan fingerprint density at radius 2 is 2.00 bits per heavy atom. The Labute approximate surface area is 77.5 Å². The molecule has 0 nitrogen and oxygen atoms in total. The molecule has 1 unspecified atom stereocenters. The smallest absolute Gasteiger partial charge is 0.0276 e. The van der Waals surface area contributed by atoms with Crippen molar-refractivity contribution in [3.63, 3.8) is 0 Å². The van der Waals surface area contributed by atoms with E-state index in [1.165, 1.54) is 38.5 Å². The molecule has 0 aliphatic heterocycles. The van der Waals surface area contributed by atoms with Gasteiger partial charge in [-0.25, -0.2) is 0 Å². The van der Waals surface area contributed by atoms with Crippen LogP contribution >= 0.6 is 8.19 Å². The summed E-state index contributed by atoms with van der Waals surface area (Å²) in [7, 11) is 0.959. The van der Waals surface area contributed by atoms with E-state index >= 15 is 0 Å². The monoisotopic (exact) mass is 182 g/mol. The van der Waals surface area contributed by atoms with E-state index in [-0.39, 0.29) is 0 Å². The second-order valence-corrected chi connectivity index (χ2v) is 4.34. The van der Waals surface area contributed by atoms with Crippen molar-refractivity contribution in [2.45, 2.75) is 45.4 Å². The zero-order valence-corrected chi connectivity index (χ0v) is 8.97. The largest absolute Gasteiger partial charge is 0.140 e. The van der Waals surface area contributed by atoms with Gasteiger partial charge in [-0.3, -0.25) is 0 Å². The van der Waals surface area contributed by atoms with Gasteiger partial charge in [-0.05, 0) is 30.0 Å². The maximum atomic E-state index is 2.37. The molecule has 1 atom stereocenters. The number of hydrogen-bond donors (Lipinski definition) is 0. The van der Waals surface area contributed by atoms with Gasteiger partial charge in [0.2, 0.25) is 0 Å². The van der Waals surface area contributed by atoms with Crippen molar-refractivity contribution in [3.8, 4) is 0 Å². The molecule has 0 saturated heterocycles. The third kappa shape index (κ3) is 3.97. The topological polar surface area (TPSA) is 0 Å². The van der Waals surface area contributed by atoms with Gasteiger partial charge in [-0.2, -0.15) is 0 Å². The average molecular weight is 182 g/mol.